The average Bonchev–Trinajstić information content (AvgIpc) is 2.77. The molecule has 0 bridgehead atoms. The van der Waals surface area contributed by atoms with Crippen LogP contribution in [-0.4, -0.2) is 51.3 Å². The van der Waals surface area contributed by atoms with Crippen molar-refractivity contribution in [2.75, 3.05) is 29.9 Å². The minimum absolute atomic E-state index is 0.101. The van der Waals surface area contributed by atoms with Crippen molar-refractivity contribution in [1.82, 2.24) is 15.0 Å². The Hall–Kier alpha value is -3.48. The number of aryl methyl sites for hydroxylation is 1. The van der Waals surface area contributed by atoms with Gasteiger partial charge < -0.3 is 20.1 Å². The molecule has 1 aromatic carbocycles. The molecule has 1 aliphatic rings. The number of pyridine rings is 1. The fraction of sp³-hybridized carbons (Fsp3) is 0.375. The van der Waals surface area contributed by atoms with Crippen LogP contribution in [0.2, 0.25) is 5.15 Å². The first kappa shape index (κ1) is 23.7. The van der Waals surface area contributed by atoms with Gasteiger partial charge in [-0.05, 0) is 51.5 Å². The molecule has 0 amide bonds. The molecule has 0 unspecified atom stereocenters. The summed E-state index contributed by atoms with van der Waals surface area (Å²) in [5, 5.41) is 22.7. The monoisotopic (exact) mass is 480 g/mol. The van der Waals surface area contributed by atoms with Crippen molar-refractivity contribution in [2.24, 2.45) is 0 Å². The maximum Gasteiger partial charge on any atom is 0.356 e. The van der Waals surface area contributed by atoms with Crippen LogP contribution in [0.5, 0.6) is 0 Å². The van der Waals surface area contributed by atoms with Crippen LogP contribution in [0.1, 0.15) is 54.1 Å². The van der Waals surface area contributed by atoms with E-state index in [1.807, 2.05) is 44.7 Å². The summed E-state index contributed by atoms with van der Waals surface area (Å²) in [5.74, 6) is -0.662. The maximum atomic E-state index is 11.7. The first-order valence-electron chi connectivity index (χ1n) is 10.9. The summed E-state index contributed by atoms with van der Waals surface area (Å²) in [7, 11) is 0. The lowest BCUT2D eigenvalue weighted by atomic mass is 10.0. The summed E-state index contributed by atoms with van der Waals surface area (Å²) in [6.45, 7) is 9.56. The van der Waals surface area contributed by atoms with E-state index < -0.39 is 5.97 Å². The number of anilines is 2. The Kier molecular flexibility index (Phi) is 6.30. The summed E-state index contributed by atoms with van der Waals surface area (Å²) < 4.78 is 5.81. The number of hydrogen-bond acceptors (Lipinski definition) is 8. The normalized spacial score (nSPS) is 16.2. The fourth-order valence-corrected chi connectivity index (χ4v) is 4.32. The van der Waals surface area contributed by atoms with Crippen molar-refractivity contribution in [3.05, 3.63) is 51.9 Å². The molecule has 1 fully saturated rings. The standard InChI is InChI=1S/C24H25ClN6O3/c1-13-9-15(14(2)27-16-5-6-19(25)29-21(16)23(32)33)20-17(10-13)28-18(11-26)22(30-20)31-7-8-34-24(3,4)12-31/h5-6,9-10,14,27H,7-8,12H2,1-4H3,(H,32,33)/t14-/m1/s1. The average molecular weight is 481 g/mol. The van der Waals surface area contributed by atoms with Crippen molar-refractivity contribution in [1.29, 1.82) is 5.26 Å². The number of carboxylic acids is 1. The number of nitriles is 1. The van der Waals surface area contributed by atoms with Gasteiger partial charge in [-0.2, -0.15) is 5.26 Å². The number of fused-ring (bicyclic) bond motifs is 1. The number of morpholine rings is 1. The van der Waals surface area contributed by atoms with E-state index in [0.717, 1.165) is 11.1 Å². The molecule has 9 nitrogen and oxygen atoms in total. The molecule has 0 radical (unpaired) electrons. The van der Waals surface area contributed by atoms with E-state index in [1.165, 1.54) is 6.07 Å². The largest absolute Gasteiger partial charge is 0.476 e. The number of nitrogens with one attached hydrogen (secondary N) is 1. The Bertz CT molecular complexity index is 1320. The summed E-state index contributed by atoms with van der Waals surface area (Å²) in [6.07, 6.45) is 0. The Morgan fingerprint density at radius 1 is 1.32 bits per heavy atom. The number of aromatic carboxylic acids is 1. The van der Waals surface area contributed by atoms with Crippen LogP contribution in [0.15, 0.2) is 24.3 Å². The van der Waals surface area contributed by atoms with E-state index in [9.17, 15) is 15.2 Å². The van der Waals surface area contributed by atoms with E-state index in [0.29, 0.717) is 42.2 Å². The van der Waals surface area contributed by atoms with Crippen LogP contribution < -0.4 is 10.2 Å². The molecule has 1 saturated heterocycles. The number of rotatable bonds is 5. The highest BCUT2D eigenvalue weighted by Crippen LogP contribution is 2.31. The maximum absolute atomic E-state index is 11.7. The van der Waals surface area contributed by atoms with Gasteiger partial charge >= 0.3 is 5.97 Å². The number of ether oxygens (including phenoxy) is 1. The molecule has 1 atom stereocenters. The Morgan fingerprint density at radius 2 is 2.09 bits per heavy atom. The van der Waals surface area contributed by atoms with Crippen LogP contribution in [-0.2, 0) is 4.74 Å². The fourth-order valence-electron chi connectivity index (χ4n) is 4.17. The zero-order chi connectivity index (χ0) is 24.6. The molecule has 0 spiro atoms. The highest BCUT2D eigenvalue weighted by molar-refractivity contribution is 6.29. The van der Waals surface area contributed by atoms with Gasteiger partial charge in [-0.25, -0.2) is 19.7 Å². The highest BCUT2D eigenvalue weighted by atomic mass is 35.5. The van der Waals surface area contributed by atoms with Gasteiger partial charge in [0.2, 0.25) is 0 Å². The molecule has 0 aliphatic carbocycles. The molecule has 4 rings (SSSR count). The van der Waals surface area contributed by atoms with Gasteiger partial charge in [-0.15, -0.1) is 0 Å². The number of nitrogens with zero attached hydrogens (tertiary/aromatic N) is 5. The molecule has 1 aliphatic heterocycles. The molecule has 34 heavy (non-hydrogen) atoms. The second kappa shape index (κ2) is 9.05. The van der Waals surface area contributed by atoms with Crippen molar-refractivity contribution in [2.45, 2.75) is 39.3 Å². The number of carboxylic acid groups (broad SMARTS) is 1. The topological polar surface area (TPSA) is 124 Å². The van der Waals surface area contributed by atoms with Gasteiger partial charge in [0.1, 0.15) is 11.2 Å². The van der Waals surface area contributed by atoms with Crippen molar-refractivity contribution >= 4 is 40.1 Å². The van der Waals surface area contributed by atoms with Crippen LogP contribution in [0.3, 0.4) is 0 Å². The molecule has 176 valence electrons. The van der Waals surface area contributed by atoms with Gasteiger partial charge in [0.25, 0.3) is 0 Å². The number of benzene rings is 1. The summed E-state index contributed by atoms with van der Waals surface area (Å²) in [6, 6.07) is 8.85. The van der Waals surface area contributed by atoms with E-state index in [2.05, 4.69) is 21.4 Å². The third-order valence-electron chi connectivity index (χ3n) is 5.66. The minimum atomic E-state index is -1.18. The van der Waals surface area contributed by atoms with Gasteiger partial charge in [0.05, 0.1) is 35.0 Å². The van der Waals surface area contributed by atoms with E-state index in [4.69, 9.17) is 21.3 Å². The van der Waals surface area contributed by atoms with Gasteiger partial charge in [0, 0.05) is 18.7 Å². The second-order valence-corrected chi connectivity index (χ2v) is 9.35. The summed E-state index contributed by atoms with van der Waals surface area (Å²) >= 11 is 5.89. The third kappa shape index (κ3) is 4.74. The summed E-state index contributed by atoms with van der Waals surface area (Å²) in [4.78, 5) is 27.2. The molecule has 3 aromatic rings. The van der Waals surface area contributed by atoms with Crippen LogP contribution >= 0.6 is 11.6 Å². The highest BCUT2D eigenvalue weighted by Gasteiger charge is 2.30. The zero-order valence-electron chi connectivity index (χ0n) is 19.4. The lowest BCUT2D eigenvalue weighted by Crippen LogP contribution is -2.49. The van der Waals surface area contributed by atoms with E-state index >= 15 is 0 Å². The van der Waals surface area contributed by atoms with Gasteiger partial charge in [-0.3, -0.25) is 0 Å². The van der Waals surface area contributed by atoms with Crippen LogP contribution in [0, 0.1) is 18.3 Å². The zero-order valence-corrected chi connectivity index (χ0v) is 20.1. The second-order valence-electron chi connectivity index (χ2n) is 8.96. The molecule has 10 heteroatoms. The number of hydrogen-bond donors (Lipinski definition) is 2. The predicted octanol–water partition coefficient (Wildman–Crippen LogP) is 4.34. The van der Waals surface area contributed by atoms with Crippen LogP contribution in [0.4, 0.5) is 11.5 Å². The number of carbonyl (C=O) groups is 1. The van der Waals surface area contributed by atoms with E-state index in [-0.39, 0.29) is 28.2 Å². The summed E-state index contributed by atoms with van der Waals surface area (Å²) in [5.41, 5.74) is 3.08. The SMILES string of the molecule is Cc1cc([C@@H](C)Nc2ccc(Cl)nc2C(=O)O)c2nc(N3CCOC(C)(C)C3)c(C#N)nc2c1. The molecule has 2 aromatic heterocycles. The van der Waals surface area contributed by atoms with Gasteiger partial charge in [0.15, 0.2) is 17.2 Å². The van der Waals surface area contributed by atoms with Crippen LogP contribution in [0.25, 0.3) is 11.0 Å². The third-order valence-corrected chi connectivity index (χ3v) is 5.87. The lowest BCUT2D eigenvalue weighted by molar-refractivity contribution is -0.0279. The van der Waals surface area contributed by atoms with Crippen molar-refractivity contribution < 1.29 is 14.6 Å². The number of aromatic nitrogens is 3. The molecular weight excluding hydrogens is 456 g/mol. The minimum Gasteiger partial charge on any atom is -0.476 e. The quantitative estimate of drug-likeness (QED) is 0.513. The smallest absolute Gasteiger partial charge is 0.356 e. The molecule has 2 N–H and O–H groups in total. The Balaban J connectivity index is 1.80. The first-order chi connectivity index (χ1) is 16.1. The predicted molar refractivity (Wildman–Crippen MR) is 129 cm³/mol. The Labute approximate surface area is 202 Å². The molecule has 0 saturated carbocycles. The van der Waals surface area contributed by atoms with Crippen molar-refractivity contribution in [3.8, 4) is 6.07 Å². The molecule has 3 heterocycles. The number of halogens is 1. The molecular formula is C24H25ClN6O3. The van der Waals surface area contributed by atoms with Crippen molar-refractivity contribution in [3.63, 3.8) is 0 Å². The van der Waals surface area contributed by atoms with Gasteiger partial charge in [-0.1, -0.05) is 17.7 Å². The lowest BCUT2D eigenvalue weighted by Gasteiger charge is -2.39. The Morgan fingerprint density at radius 3 is 2.76 bits per heavy atom. The van der Waals surface area contributed by atoms with E-state index in [1.54, 1.807) is 6.07 Å². The first-order valence-corrected chi connectivity index (χ1v) is 11.2.